The summed E-state index contributed by atoms with van der Waals surface area (Å²) in [4.78, 5) is 10.6. The average molecular weight is 126 g/mol. The Bertz CT molecular complexity index is 164. The molecule has 2 fully saturated rings. The third kappa shape index (κ3) is 0.485. The minimum atomic E-state index is -0.551. The van der Waals surface area contributed by atoms with Gasteiger partial charge in [0.2, 0.25) is 0 Å². The molecule has 0 radical (unpaired) electrons. The van der Waals surface area contributed by atoms with Crippen LogP contribution in [0.1, 0.15) is 25.7 Å². The van der Waals surface area contributed by atoms with Crippen LogP contribution in [-0.2, 0) is 4.79 Å². The summed E-state index contributed by atoms with van der Waals surface area (Å²) < 4.78 is 0. The van der Waals surface area contributed by atoms with Gasteiger partial charge in [0.25, 0.3) is 0 Å². The number of rotatable bonds is 1. The number of hydrogen-bond donors (Lipinski definition) is 1. The van der Waals surface area contributed by atoms with Crippen LogP contribution in [0.15, 0.2) is 0 Å². The van der Waals surface area contributed by atoms with Crippen molar-refractivity contribution in [2.45, 2.75) is 25.7 Å². The largest absolute Gasteiger partial charge is 0.481 e. The fourth-order valence-electron chi connectivity index (χ4n) is 2.10. The lowest BCUT2D eigenvalue weighted by Gasteiger charge is -2.01. The van der Waals surface area contributed by atoms with Crippen LogP contribution < -0.4 is 0 Å². The third-order valence-electron chi connectivity index (χ3n) is 2.83. The Hall–Kier alpha value is -0.530. The molecule has 50 valence electrons. The van der Waals surface area contributed by atoms with Gasteiger partial charge >= 0.3 is 5.97 Å². The molecule has 1 N–H and O–H groups in total. The quantitative estimate of drug-likeness (QED) is 0.574. The summed E-state index contributed by atoms with van der Waals surface area (Å²) in [6.45, 7) is 0. The van der Waals surface area contributed by atoms with Gasteiger partial charge in [0.15, 0.2) is 0 Å². The molecular weight excluding hydrogens is 116 g/mol. The van der Waals surface area contributed by atoms with Gasteiger partial charge < -0.3 is 5.11 Å². The second kappa shape index (κ2) is 1.31. The Balaban J connectivity index is 2.19. The van der Waals surface area contributed by atoms with Crippen molar-refractivity contribution in [2.75, 3.05) is 0 Å². The van der Waals surface area contributed by atoms with Crippen LogP contribution in [0, 0.1) is 11.3 Å². The zero-order valence-electron chi connectivity index (χ0n) is 5.26. The van der Waals surface area contributed by atoms with Gasteiger partial charge in [-0.2, -0.15) is 0 Å². The van der Waals surface area contributed by atoms with Crippen molar-refractivity contribution in [1.82, 2.24) is 0 Å². The predicted molar refractivity (Wildman–Crippen MR) is 32.0 cm³/mol. The Morgan fingerprint density at radius 3 is 2.67 bits per heavy atom. The molecule has 0 aromatic carbocycles. The molecule has 2 heteroatoms. The van der Waals surface area contributed by atoms with Crippen molar-refractivity contribution in [3.63, 3.8) is 0 Å². The molecule has 2 atom stereocenters. The van der Waals surface area contributed by atoms with Crippen molar-refractivity contribution in [2.24, 2.45) is 11.3 Å². The maximum atomic E-state index is 10.6. The molecule has 0 aromatic heterocycles. The SMILES string of the molecule is O=C(O)[C@@]12CCC[C@H]1C2. The Kier molecular flexibility index (Phi) is 0.765. The average Bonchev–Trinajstić information content (AvgIpc) is 2.38. The summed E-state index contributed by atoms with van der Waals surface area (Å²) in [6.07, 6.45) is 4.19. The number of fused-ring (bicyclic) bond motifs is 1. The van der Waals surface area contributed by atoms with E-state index < -0.39 is 5.97 Å². The van der Waals surface area contributed by atoms with Gasteiger partial charge in [-0.3, -0.25) is 4.79 Å². The van der Waals surface area contributed by atoms with Crippen LogP contribution in [0.25, 0.3) is 0 Å². The molecule has 2 aliphatic rings. The highest BCUT2D eigenvalue weighted by molar-refractivity contribution is 5.79. The fraction of sp³-hybridized carbons (Fsp3) is 0.857. The second-order valence-corrected chi connectivity index (χ2v) is 3.25. The van der Waals surface area contributed by atoms with Gasteiger partial charge in [0, 0.05) is 0 Å². The van der Waals surface area contributed by atoms with Gasteiger partial charge in [-0.1, -0.05) is 6.42 Å². The standard InChI is InChI=1S/C7H10O2/c8-6(9)7-3-1-2-5(7)4-7/h5H,1-4H2,(H,8,9)/t5-,7+/m0/s1. The van der Waals surface area contributed by atoms with E-state index in [1.165, 1.54) is 0 Å². The van der Waals surface area contributed by atoms with Gasteiger partial charge in [0.1, 0.15) is 0 Å². The summed E-state index contributed by atoms with van der Waals surface area (Å²) in [7, 11) is 0. The number of aliphatic carboxylic acids is 1. The topological polar surface area (TPSA) is 37.3 Å². The first-order chi connectivity index (χ1) is 4.26. The predicted octanol–water partition coefficient (Wildman–Crippen LogP) is 1.26. The second-order valence-electron chi connectivity index (χ2n) is 3.25. The molecule has 0 heterocycles. The molecule has 0 aromatic rings. The Labute approximate surface area is 53.9 Å². The summed E-state index contributed by atoms with van der Waals surface area (Å²) >= 11 is 0. The first kappa shape index (κ1) is 5.27. The molecule has 0 saturated heterocycles. The van der Waals surface area contributed by atoms with E-state index in [9.17, 15) is 4.79 Å². The molecule has 0 amide bonds. The highest BCUT2D eigenvalue weighted by atomic mass is 16.4. The molecule has 2 saturated carbocycles. The van der Waals surface area contributed by atoms with Crippen LogP contribution >= 0.6 is 0 Å². The minimum absolute atomic E-state index is 0.222. The van der Waals surface area contributed by atoms with Gasteiger partial charge in [0.05, 0.1) is 5.41 Å². The zero-order chi connectivity index (χ0) is 6.48. The third-order valence-corrected chi connectivity index (χ3v) is 2.83. The smallest absolute Gasteiger partial charge is 0.309 e. The van der Waals surface area contributed by atoms with Crippen LogP contribution in [-0.4, -0.2) is 11.1 Å². The summed E-state index contributed by atoms with van der Waals surface area (Å²) in [5, 5.41) is 8.71. The molecule has 2 rings (SSSR count). The number of carbonyl (C=O) groups is 1. The van der Waals surface area contributed by atoms with E-state index in [1.54, 1.807) is 0 Å². The normalized spacial score (nSPS) is 46.4. The van der Waals surface area contributed by atoms with Crippen molar-refractivity contribution in [3.8, 4) is 0 Å². The number of carboxylic acid groups (broad SMARTS) is 1. The molecule has 0 spiro atoms. The first-order valence-electron chi connectivity index (χ1n) is 3.49. The fourth-order valence-corrected chi connectivity index (χ4v) is 2.10. The highest BCUT2D eigenvalue weighted by Gasteiger charge is 2.62. The number of carboxylic acids is 1. The maximum Gasteiger partial charge on any atom is 0.309 e. The van der Waals surface area contributed by atoms with E-state index in [-0.39, 0.29) is 5.41 Å². The maximum absolute atomic E-state index is 10.6. The molecule has 0 aliphatic heterocycles. The number of hydrogen-bond acceptors (Lipinski definition) is 1. The van der Waals surface area contributed by atoms with Crippen molar-refractivity contribution in [1.29, 1.82) is 0 Å². The van der Waals surface area contributed by atoms with E-state index in [4.69, 9.17) is 5.11 Å². The van der Waals surface area contributed by atoms with Crippen molar-refractivity contribution in [3.05, 3.63) is 0 Å². The zero-order valence-corrected chi connectivity index (χ0v) is 5.26. The Morgan fingerprint density at radius 2 is 2.44 bits per heavy atom. The molecule has 0 bridgehead atoms. The summed E-state index contributed by atoms with van der Waals surface area (Å²) in [5.41, 5.74) is -0.222. The van der Waals surface area contributed by atoms with Crippen LogP contribution in [0.5, 0.6) is 0 Å². The van der Waals surface area contributed by atoms with E-state index in [1.807, 2.05) is 0 Å². The summed E-state index contributed by atoms with van der Waals surface area (Å²) in [6, 6.07) is 0. The lowest BCUT2D eigenvalue weighted by molar-refractivity contribution is -0.143. The van der Waals surface area contributed by atoms with Gasteiger partial charge in [-0.05, 0) is 25.2 Å². The highest BCUT2D eigenvalue weighted by Crippen LogP contribution is 2.63. The van der Waals surface area contributed by atoms with E-state index >= 15 is 0 Å². The van der Waals surface area contributed by atoms with E-state index in [2.05, 4.69) is 0 Å². The Morgan fingerprint density at radius 1 is 1.67 bits per heavy atom. The molecule has 0 unspecified atom stereocenters. The monoisotopic (exact) mass is 126 g/mol. The lowest BCUT2D eigenvalue weighted by atomic mass is 10.1. The first-order valence-corrected chi connectivity index (χ1v) is 3.49. The molecule has 2 aliphatic carbocycles. The van der Waals surface area contributed by atoms with Crippen molar-refractivity contribution < 1.29 is 9.90 Å². The van der Waals surface area contributed by atoms with Crippen molar-refractivity contribution >= 4 is 5.97 Å². The van der Waals surface area contributed by atoms with Gasteiger partial charge in [-0.25, -0.2) is 0 Å². The van der Waals surface area contributed by atoms with Crippen LogP contribution in [0.4, 0.5) is 0 Å². The molecule has 2 nitrogen and oxygen atoms in total. The summed E-state index contributed by atoms with van der Waals surface area (Å²) in [5.74, 6) is -0.000000000000000222. The lowest BCUT2D eigenvalue weighted by Crippen LogP contribution is -2.13. The minimum Gasteiger partial charge on any atom is -0.481 e. The van der Waals surface area contributed by atoms with E-state index in [0.717, 1.165) is 25.7 Å². The molecular formula is C7H10O2. The van der Waals surface area contributed by atoms with E-state index in [0.29, 0.717) is 5.92 Å². The molecule has 9 heavy (non-hydrogen) atoms. The van der Waals surface area contributed by atoms with Crippen LogP contribution in [0.2, 0.25) is 0 Å². The van der Waals surface area contributed by atoms with Gasteiger partial charge in [-0.15, -0.1) is 0 Å². The van der Waals surface area contributed by atoms with Crippen LogP contribution in [0.3, 0.4) is 0 Å².